The van der Waals surface area contributed by atoms with Crippen LogP contribution >= 0.6 is 24.0 Å². The van der Waals surface area contributed by atoms with Crippen LogP contribution in [-0.4, -0.2) is 43.0 Å². The van der Waals surface area contributed by atoms with Crippen molar-refractivity contribution in [3.05, 3.63) is 71.4 Å². The van der Waals surface area contributed by atoms with E-state index in [1.54, 1.807) is 12.1 Å². The van der Waals surface area contributed by atoms with Gasteiger partial charge in [-0.25, -0.2) is 0 Å². The molecule has 0 aliphatic heterocycles. The Labute approximate surface area is 195 Å². The molecule has 1 aromatic heterocycles. The topological polar surface area (TPSA) is 81.3 Å². The van der Waals surface area contributed by atoms with Crippen LogP contribution in [0.3, 0.4) is 0 Å². The molecule has 1 heterocycles. The Bertz CT molecular complexity index is 968. The highest BCUT2D eigenvalue weighted by Crippen LogP contribution is 2.19. The van der Waals surface area contributed by atoms with E-state index in [9.17, 15) is 4.79 Å². The second kappa shape index (κ2) is 12.2. The summed E-state index contributed by atoms with van der Waals surface area (Å²) >= 11 is 0. The van der Waals surface area contributed by atoms with E-state index >= 15 is 0 Å². The number of halogens is 1. The van der Waals surface area contributed by atoms with Gasteiger partial charge in [0.25, 0.3) is 5.91 Å². The molecule has 2 aromatic carbocycles. The van der Waals surface area contributed by atoms with E-state index < -0.39 is 0 Å². The molecule has 3 rings (SSSR count). The zero-order chi connectivity index (χ0) is 20.5. The number of amides is 1. The molecule has 30 heavy (non-hydrogen) atoms. The molecule has 3 aromatic rings. The van der Waals surface area contributed by atoms with Crippen molar-refractivity contribution >= 4 is 46.7 Å². The van der Waals surface area contributed by atoms with Crippen LogP contribution in [-0.2, 0) is 6.42 Å². The van der Waals surface area contributed by atoms with Crippen LogP contribution in [0.25, 0.3) is 10.9 Å². The summed E-state index contributed by atoms with van der Waals surface area (Å²) < 4.78 is 0. The molecule has 0 aliphatic carbocycles. The van der Waals surface area contributed by atoms with Crippen LogP contribution in [0.15, 0.2) is 59.7 Å². The molecule has 0 bridgehead atoms. The molecule has 7 heteroatoms. The molecule has 0 aliphatic rings. The minimum absolute atomic E-state index is 0. The zero-order valence-electron chi connectivity index (χ0n) is 17.5. The van der Waals surface area contributed by atoms with E-state index in [-0.39, 0.29) is 29.9 Å². The number of aromatic amines is 1. The van der Waals surface area contributed by atoms with E-state index in [1.807, 2.05) is 25.1 Å². The number of nitrogens with zero attached hydrogens (tertiary/aromatic N) is 1. The van der Waals surface area contributed by atoms with Crippen molar-refractivity contribution < 1.29 is 4.79 Å². The predicted molar refractivity (Wildman–Crippen MR) is 135 cm³/mol. The van der Waals surface area contributed by atoms with Gasteiger partial charge in [-0.05, 0) is 49.6 Å². The van der Waals surface area contributed by atoms with E-state index in [4.69, 9.17) is 0 Å². The lowest BCUT2D eigenvalue weighted by Gasteiger charge is -2.12. The second-order valence-electron chi connectivity index (χ2n) is 6.92. The maximum absolute atomic E-state index is 12.1. The molecule has 0 fully saturated rings. The third kappa shape index (κ3) is 6.76. The SMILES string of the molecule is CCNC(=NCCc1c[nH]c2cc(C)ccc12)NCCNC(=O)c1ccccc1.I. The zero-order valence-corrected chi connectivity index (χ0v) is 19.8. The number of aliphatic imine (C=N–C) groups is 1. The smallest absolute Gasteiger partial charge is 0.251 e. The molecule has 4 N–H and O–H groups in total. The molecular formula is C23H30IN5O. The summed E-state index contributed by atoms with van der Waals surface area (Å²) in [6.07, 6.45) is 2.93. The Kier molecular flexibility index (Phi) is 9.66. The molecular weight excluding hydrogens is 489 g/mol. The van der Waals surface area contributed by atoms with Crippen molar-refractivity contribution in [3.8, 4) is 0 Å². The normalized spacial score (nSPS) is 11.1. The summed E-state index contributed by atoms with van der Waals surface area (Å²) in [6.45, 7) is 6.75. The predicted octanol–water partition coefficient (Wildman–Crippen LogP) is 3.62. The van der Waals surface area contributed by atoms with Gasteiger partial charge in [-0.1, -0.05) is 30.3 Å². The van der Waals surface area contributed by atoms with E-state index in [0.29, 0.717) is 25.2 Å². The number of carbonyl (C=O) groups excluding carboxylic acids is 1. The van der Waals surface area contributed by atoms with Gasteiger partial charge in [0.2, 0.25) is 0 Å². The molecule has 160 valence electrons. The summed E-state index contributed by atoms with van der Waals surface area (Å²) in [4.78, 5) is 20.1. The number of H-pyrrole nitrogens is 1. The molecule has 0 saturated heterocycles. The first kappa shape index (κ1) is 23.7. The highest BCUT2D eigenvalue weighted by molar-refractivity contribution is 14.0. The summed E-state index contributed by atoms with van der Waals surface area (Å²) in [5.41, 5.74) is 4.36. The Morgan fingerprint density at radius 1 is 1.03 bits per heavy atom. The summed E-state index contributed by atoms with van der Waals surface area (Å²) in [6, 6.07) is 15.7. The average molecular weight is 519 g/mol. The van der Waals surface area contributed by atoms with Crippen LogP contribution < -0.4 is 16.0 Å². The fourth-order valence-corrected chi connectivity index (χ4v) is 3.19. The maximum atomic E-state index is 12.1. The van der Waals surface area contributed by atoms with Crippen LogP contribution in [0.1, 0.15) is 28.4 Å². The van der Waals surface area contributed by atoms with Crippen molar-refractivity contribution in [3.63, 3.8) is 0 Å². The van der Waals surface area contributed by atoms with Crippen LogP contribution in [0.4, 0.5) is 0 Å². The highest BCUT2D eigenvalue weighted by Gasteiger charge is 2.05. The highest BCUT2D eigenvalue weighted by atomic mass is 127. The Hall–Kier alpha value is -2.55. The number of hydrogen-bond donors (Lipinski definition) is 4. The van der Waals surface area contributed by atoms with E-state index in [2.05, 4.69) is 57.2 Å². The number of nitrogens with one attached hydrogen (secondary N) is 4. The van der Waals surface area contributed by atoms with Crippen molar-refractivity contribution in [2.75, 3.05) is 26.2 Å². The van der Waals surface area contributed by atoms with Crippen LogP contribution in [0.2, 0.25) is 0 Å². The van der Waals surface area contributed by atoms with Gasteiger partial charge in [0.15, 0.2) is 5.96 Å². The Morgan fingerprint density at radius 3 is 2.57 bits per heavy atom. The number of hydrogen-bond acceptors (Lipinski definition) is 2. The van der Waals surface area contributed by atoms with Crippen LogP contribution in [0.5, 0.6) is 0 Å². The first-order valence-corrected chi connectivity index (χ1v) is 10.1. The second-order valence-corrected chi connectivity index (χ2v) is 6.92. The fraction of sp³-hybridized carbons (Fsp3) is 0.304. The van der Waals surface area contributed by atoms with Gasteiger partial charge in [0.1, 0.15) is 0 Å². The summed E-state index contributed by atoms with van der Waals surface area (Å²) in [7, 11) is 0. The average Bonchev–Trinajstić information content (AvgIpc) is 3.13. The minimum atomic E-state index is -0.0658. The summed E-state index contributed by atoms with van der Waals surface area (Å²) in [5.74, 6) is 0.695. The van der Waals surface area contributed by atoms with Crippen LogP contribution in [0, 0.1) is 6.92 Å². The quantitative estimate of drug-likeness (QED) is 0.159. The van der Waals surface area contributed by atoms with Crippen molar-refractivity contribution in [1.29, 1.82) is 0 Å². The number of carbonyl (C=O) groups is 1. The summed E-state index contributed by atoms with van der Waals surface area (Å²) in [5, 5.41) is 10.7. The number of benzene rings is 2. The molecule has 0 spiro atoms. The van der Waals surface area contributed by atoms with Gasteiger partial charge in [0.05, 0.1) is 0 Å². The van der Waals surface area contributed by atoms with Crippen molar-refractivity contribution in [2.24, 2.45) is 4.99 Å². The van der Waals surface area contributed by atoms with Gasteiger partial charge in [-0.15, -0.1) is 24.0 Å². The lowest BCUT2D eigenvalue weighted by molar-refractivity contribution is 0.0954. The molecule has 0 atom stereocenters. The van der Waals surface area contributed by atoms with Gasteiger partial charge in [-0.2, -0.15) is 0 Å². The van der Waals surface area contributed by atoms with Crippen molar-refractivity contribution in [2.45, 2.75) is 20.3 Å². The number of aromatic nitrogens is 1. The first-order chi connectivity index (χ1) is 14.2. The molecule has 0 saturated carbocycles. The standard InChI is InChI=1S/C23H29N5O.HI/c1-3-24-23(27-14-13-25-22(29)18-7-5-4-6-8-18)26-12-11-19-16-28-21-15-17(2)9-10-20(19)21;/h4-10,15-16,28H,3,11-14H2,1-2H3,(H,25,29)(H2,24,26,27);1H. The van der Waals surface area contributed by atoms with Gasteiger partial charge in [0, 0.05) is 48.8 Å². The molecule has 0 unspecified atom stereocenters. The van der Waals surface area contributed by atoms with Gasteiger partial charge >= 0.3 is 0 Å². The first-order valence-electron chi connectivity index (χ1n) is 10.1. The third-order valence-corrected chi connectivity index (χ3v) is 4.66. The number of guanidine groups is 1. The minimum Gasteiger partial charge on any atom is -0.361 e. The van der Waals surface area contributed by atoms with E-state index in [1.165, 1.54) is 22.0 Å². The third-order valence-electron chi connectivity index (χ3n) is 4.66. The maximum Gasteiger partial charge on any atom is 0.251 e. The van der Waals surface area contributed by atoms with E-state index in [0.717, 1.165) is 18.9 Å². The molecule has 0 radical (unpaired) electrons. The van der Waals surface area contributed by atoms with Gasteiger partial charge in [-0.3, -0.25) is 9.79 Å². The van der Waals surface area contributed by atoms with Gasteiger partial charge < -0.3 is 20.9 Å². The number of rotatable bonds is 8. The number of fused-ring (bicyclic) bond motifs is 1. The lowest BCUT2D eigenvalue weighted by Crippen LogP contribution is -2.41. The molecule has 6 nitrogen and oxygen atoms in total. The Morgan fingerprint density at radius 2 is 1.80 bits per heavy atom. The largest absolute Gasteiger partial charge is 0.361 e. The Balaban J connectivity index is 0.00000320. The monoisotopic (exact) mass is 519 g/mol. The molecule has 1 amide bonds. The lowest BCUT2D eigenvalue weighted by atomic mass is 10.1. The number of aryl methyl sites for hydroxylation is 1. The fourth-order valence-electron chi connectivity index (χ4n) is 3.19. The van der Waals surface area contributed by atoms with Crippen molar-refractivity contribution in [1.82, 2.24) is 20.9 Å².